The van der Waals surface area contributed by atoms with Crippen LogP contribution in [0.5, 0.6) is 0 Å². The Balaban J connectivity index is 1.59. The van der Waals surface area contributed by atoms with Crippen molar-refractivity contribution in [1.29, 1.82) is 5.26 Å². The van der Waals surface area contributed by atoms with Gasteiger partial charge in [0.1, 0.15) is 17.6 Å². The Kier molecular flexibility index (Phi) is 6.83. The van der Waals surface area contributed by atoms with Crippen LogP contribution >= 0.6 is 11.6 Å². The fourth-order valence-electron chi connectivity index (χ4n) is 4.33. The first kappa shape index (κ1) is 24.6. The SMILES string of the molecule is [2H][C@@](Nc1cc(Cl)c2ncc(C#N)c(NCC(C)(C)COC)c2c1)(c1ccc(F)cc1)c1cn(C2CC2)nn1. The van der Waals surface area contributed by atoms with Crippen molar-refractivity contribution in [2.24, 2.45) is 5.41 Å². The van der Waals surface area contributed by atoms with Crippen LogP contribution in [0.2, 0.25) is 5.02 Å². The maximum atomic E-state index is 13.8. The lowest BCUT2D eigenvalue weighted by molar-refractivity contribution is 0.112. The zero-order valence-electron chi connectivity index (χ0n) is 22.4. The maximum absolute atomic E-state index is 13.8. The molecule has 1 fully saturated rings. The molecule has 0 bridgehead atoms. The summed E-state index contributed by atoms with van der Waals surface area (Å²) < 4.78 is 30.4. The van der Waals surface area contributed by atoms with Gasteiger partial charge in [0.2, 0.25) is 0 Å². The van der Waals surface area contributed by atoms with Gasteiger partial charge in [0, 0.05) is 36.3 Å². The third-order valence-electron chi connectivity index (χ3n) is 6.41. The number of anilines is 2. The van der Waals surface area contributed by atoms with Crippen LogP contribution in [0.15, 0.2) is 48.8 Å². The molecule has 1 aliphatic carbocycles. The molecular weight excluding hydrogens is 505 g/mol. The van der Waals surface area contributed by atoms with Crippen molar-refractivity contribution in [3.05, 3.63) is 76.5 Å². The number of fused-ring (bicyclic) bond motifs is 1. The zero-order chi connectivity index (χ0) is 27.8. The van der Waals surface area contributed by atoms with Crippen LogP contribution in [0.25, 0.3) is 10.9 Å². The van der Waals surface area contributed by atoms with Crippen molar-refractivity contribution in [2.75, 3.05) is 30.9 Å². The lowest BCUT2D eigenvalue weighted by Crippen LogP contribution is -2.28. The minimum Gasteiger partial charge on any atom is -0.384 e. The second-order valence-corrected chi connectivity index (χ2v) is 10.7. The molecule has 0 amide bonds. The molecule has 0 radical (unpaired) electrons. The number of pyridine rings is 1. The van der Waals surface area contributed by atoms with Gasteiger partial charge in [-0.15, -0.1) is 5.10 Å². The molecule has 5 rings (SSSR count). The molecule has 196 valence electrons. The van der Waals surface area contributed by atoms with E-state index in [-0.39, 0.29) is 11.5 Å². The highest BCUT2D eigenvalue weighted by Crippen LogP contribution is 2.37. The number of rotatable bonds is 10. The Labute approximate surface area is 227 Å². The molecule has 0 aliphatic heterocycles. The van der Waals surface area contributed by atoms with E-state index in [0.717, 1.165) is 12.8 Å². The van der Waals surface area contributed by atoms with Crippen LogP contribution < -0.4 is 10.6 Å². The van der Waals surface area contributed by atoms with Crippen LogP contribution in [0.1, 0.15) is 56.9 Å². The highest BCUT2D eigenvalue weighted by Gasteiger charge is 2.27. The number of nitrogens with zero attached hydrogens (tertiary/aromatic N) is 5. The first-order valence-corrected chi connectivity index (χ1v) is 12.7. The van der Waals surface area contributed by atoms with E-state index in [1.165, 1.54) is 18.3 Å². The van der Waals surface area contributed by atoms with Crippen molar-refractivity contribution in [1.82, 2.24) is 20.0 Å². The summed E-state index contributed by atoms with van der Waals surface area (Å²) >= 11 is 6.69. The Hall–Kier alpha value is -3.74. The molecule has 8 nitrogen and oxygen atoms in total. The number of hydrogen-bond acceptors (Lipinski definition) is 7. The van der Waals surface area contributed by atoms with E-state index in [1.807, 2.05) is 0 Å². The van der Waals surface area contributed by atoms with Gasteiger partial charge in [-0.3, -0.25) is 4.98 Å². The molecule has 0 spiro atoms. The van der Waals surface area contributed by atoms with Gasteiger partial charge in [-0.1, -0.05) is 42.8 Å². The number of benzene rings is 2. The fraction of sp³-hybridized carbons (Fsp3) is 0.357. The van der Waals surface area contributed by atoms with Crippen molar-refractivity contribution in [3.63, 3.8) is 0 Å². The highest BCUT2D eigenvalue weighted by molar-refractivity contribution is 6.35. The van der Waals surface area contributed by atoms with E-state index in [1.54, 1.807) is 42.3 Å². The van der Waals surface area contributed by atoms with E-state index < -0.39 is 11.8 Å². The zero-order valence-corrected chi connectivity index (χ0v) is 22.2. The van der Waals surface area contributed by atoms with Crippen LogP contribution in [-0.4, -0.2) is 40.2 Å². The first-order chi connectivity index (χ1) is 18.6. The van der Waals surface area contributed by atoms with Crippen LogP contribution in [-0.2, 0) is 4.74 Å². The summed E-state index contributed by atoms with van der Waals surface area (Å²) in [5, 5.41) is 26.0. The third-order valence-corrected chi connectivity index (χ3v) is 6.70. The van der Waals surface area contributed by atoms with Crippen molar-refractivity contribution < 1.29 is 10.5 Å². The highest BCUT2D eigenvalue weighted by atomic mass is 35.5. The number of methoxy groups -OCH3 is 1. The molecule has 2 aromatic heterocycles. The number of ether oxygens (including phenoxy) is 1. The average molecular weight is 535 g/mol. The van der Waals surface area contributed by atoms with Gasteiger partial charge in [0.15, 0.2) is 0 Å². The lowest BCUT2D eigenvalue weighted by Gasteiger charge is -2.25. The minimum absolute atomic E-state index is 0.205. The van der Waals surface area contributed by atoms with Crippen molar-refractivity contribution in [3.8, 4) is 6.07 Å². The lowest BCUT2D eigenvalue weighted by atomic mass is 9.94. The summed E-state index contributed by atoms with van der Waals surface area (Å²) in [6.45, 7) is 5.18. The predicted molar refractivity (Wildman–Crippen MR) is 146 cm³/mol. The van der Waals surface area contributed by atoms with E-state index in [4.69, 9.17) is 16.3 Å². The summed E-state index contributed by atoms with van der Waals surface area (Å²) in [6.07, 6.45) is 5.28. The summed E-state index contributed by atoms with van der Waals surface area (Å²) in [5.74, 6) is -0.404. The molecule has 2 N–H and O–H groups in total. The molecule has 10 heteroatoms. The number of nitriles is 1. The number of hydrogen-bond donors (Lipinski definition) is 2. The van der Waals surface area contributed by atoms with Crippen LogP contribution in [0.4, 0.5) is 15.8 Å². The molecule has 1 aliphatic rings. The Bertz CT molecular complexity index is 1550. The molecule has 4 aromatic rings. The van der Waals surface area contributed by atoms with E-state index in [9.17, 15) is 11.0 Å². The fourth-order valence-corrected chi connectivity index (χ4v) is 4.60. The smallest absolute Gasteiger partial charge is 0.123 e. The molecule has 0 unspecified atom stereocenters. The summed E-state index contributed by atoms with van der Waals surface area (Å²) in [5.41, 5.74) is 2.62. The van der Waals surface area contributed by atoms with E-state index in [0.29, 0.717) is 57.3 Å². The number of aromatic nitrogens is 4. The van der Waals surface area contributed by atoms with Crippen molar-refractivity contribution in [2.45, 2.75) is 38.7 Å². The van der Waals surface area contributed by atoms with Crippen molar-refractivity contribution >= 4 is 33.9 Å². The van der Waals surface area contributed by atoms with E-state index >= 15 is 0 Å². The largest absolute Gasteiger partial charge is 0.384 e. The molecule has 38 heavy (non-hydrogen) atoms. The van der Waals surface area contributed by atoms with Crippen LogP contribution in [0.3, 0.4) is 0 Å². The predicted octanol–water partition coefficient (Wildman–Crippen LogP) is 6.11. The summed E-state index contributed by atoms with van der Waals surface area (Å²) in [4.78, 5) is 4.43. The number of halogens is 2. The minimum atomic E-state index is -1.60. The summed E-state index contributed by atoms with van der Waals surface area (Å²) in [6, 6.07) is 10.1. The van der Waals surface area contributed by atoms with Gasteiger partial charge in [-0.2, -0.15) is 5.26 Å². The molecule has 1 atom stereocenters. The van der Waals surface area contributed by atoms with Gasteiger partial charge in [-0.25, -0.2) is 9.07 Å². The third kappa shape index (κ3) is 5.57. The normalized spacial score (nSPS) is 15.5. The summed E-state index contributed by atoms with van der Waals surface area (Å²) in [7, 11) is 1.65. The Morgan fingerprint density at radius 1 is 1.32 bits per heavy atom. The van der Waals surface area contributed by atoms with Gasteiger partial charge >= 0.3 is 0 Å². The Morgan fingerprint density at radius 3 is 2.76 bits per heavy atom. The standard InChI is InChI=1S/C28H29ClFN7O/c1-28(2,16-38-3)15-33-25-18(12-31)13-32-27-22(25)10-20(11-23(27)29)34-26(17-4-6-19(30)7-5-17)24-14-37(36-35-24)21-8-9-21/h4-7,10-11,13-14,21,26,34H,8-9,15-16H2,1-3H3,(H,32,33)/t26-/m1/s1/i26D. The molecular formula is C28H29ClFN7O. The first-order valence-electron chi connectivity index (χ1n) is 12.9. The van der Waals surface area contributed by atoms with Gasteiger partial charge in [-0.05, 0) is 42.7 Å². The average Bonchev–Trinajstić information content (AvgIpc) is 3.63. The Morgan fingerprint density at radius 2 is 2.08 bits per heavy atom. The van der Waals surface area contributed by atoms with Gasteiger partial charge < -0.3 is 15.4 Å². The number of nitrogens with one attached hydrogen (secondary N) is 2. The molecule has 0 saturated heterocycles. The maximum Gasteiger partial charge on any atom is 0.123 e. The van der Waals surface area contributed by atoms with Gasteiger partial charge in [0.05, 0.1) is 48.0 Å². The second-order valence-electron chi connectivity index (χ2n) is 10.3. The molecule has 2 heterocycles. The molecule has 2 aromatic carbocycles. The molecule has 1 saturated carbocycles. The van der Waals surface area contributed by atoms with Crippen LogP contribution in [0, 0.1) is 22.6 Å². The quantitative estimate of drug-likeness (QED) is 0.253. The monoisotopic (exact) mass is 534 g/mol. The van der Waals surface area contributed by atoms with Gasteiger partial charge in [0.25, 0.3) is 0 Å². The topological polar surface area (TPSA) is 101 Å². The van der Waals surface area contributed by atoms with E-state index in [2.05, 4.69) is 45.8 Å². The second kappa shape index (κ2) is 10.6.